The number of hydrogen-bond acceptors (Lipinski definition) is 2. The summed E-state index contributed by atoms with van der Waals surface area (Å²) in [6.07, 6.45) is 3.35. The molecular formula is C14H18O2. The van der Waals surface area contributed by atoms with Crippen LogP contribution in [0, 0.1) is 5.92 Å². The second-order valence-electron chi connectivity index (χ2n) is 4.96. The van der Waals surface area contributed by atoms with Crippen LogP contribution < -0.4 is 0 Å². The topological polar surface area (TPSA) is 37.3 Å². The van der Waals surface area contributed by atoms with E-state index in [4.69, 9.17) is 0 Å². The standard InChI is InChI=1S/C14H18O2/c1-9(2)8-12-10-4-3-5-13(15)11(10)6-7-14(12)16/h6-7,9,16H,3-5,8H2,1-2H3. The lowest BCUT2D eigenvalue weighted by Gasteiger charge is -2.20. The monoisotopic (exact) mass is 218 g/mol. The average molecular weight is 218 g/mol. The van der Waals surface area contributed by atoms with E-state index in [9.17, 15) is 9.90 Å². The van der Waals surface area contributed by atoms with Gasteiger partial charge in [-0.1, -0.05) is 13.8 Å². The normalized spacial score (nSPS) is 15.3. The Morgan fingerprint density at radius 2 is 2.06 bits per heavy atom. The Kier molecular flexibility index (Phi) is 2.99. The van der Waals surface area contributed by atoms with Crippen LogP contribution in [-0.2, 0) is 12.8 Å². The van der Waals surface area contributed by atoms with Crippen LogP contribution in [0.5, 0.6) is 5.75 Å². The van der Waals surface area contributed by atoms with Gasteiger partial charge >= 0.3 is 0 Å². The van der Waals surface area contributed by atoms with Crippen molar-refractivity contribution < 1.29 is 9.90 Å². The van der Waals surface area contributed by atoms with Crippen molar-refractivity contribution in [3.05, 3.63) is 28.8 Å². The van der Waals surface area contributed by atoms with Gasteiger partial charge in [-0.3, -0.25) is 4.79 Å². The number of carbonyl (C=O) groups is 1. The third-order valence-corrected chi connectivity index (χ3v) is 3.15. The highest BCUT2D eigenvalue weighted by Gasteiger charge is 2.21. The maximum absolute atomic E-state index is 11.8. The van der Waals surface area contributed by atoms with Crippen LogP contribution in [0.1, 0.15) is 48.2 Å². The van der Waals surface area contributed by atoms with Crippen LogP contribution in [-0.4, -0.2) is 10.9 Å². The van der Waals surface area contributed by atoms with Crippen LogP contribution in [0.4, 0.5) is 0 Å². The van der Waals surface area contributed by atoms with Gasteiger partial charge in [0.25, 0.3) is 0 Å². The second-order valence-corrected chi connectivity index (χ2v) is 4.96. The fourth-order valence-corrected chi connectivity index (χ4v) is 2.42. The summed E-state index contributed by atoms with van der Waals surface area (Å²) < 4.78 is 0. The minimum Gasteiger partial charge on any atom is -0.508 e. The van der Waals surface area contributed by atoms with E-state index in [0.29, 0.717) is 18.1 Å². The summed E-state index contributed by atoms with van der Waals surface area (Å²) in [5, 5.41) is 9.89. The fraction of sp³-hybridized carbons (Fsp3) is 0.500. The molecule has 86 valence electrons. The number of fused-ring (bicyclic) bond motifs is 1. The molecule has 0 fully saturated rings. The van der Waals surface area contributed by atoms with Crippen molar-refractivity contribution in [1.29, 1.82) is 0 Å². The molecule has 0 atom stereocenters. The van der Waals surface area contributed by atoms with Gasteiger partial charge < -0.3 is 5.11 Å². The first-order valence-corrected chi connectivity index (χ1v) is 5.96. The number of phenolic OH excluding ortho intramolecular Hbond substituents is 1. The molecule has 16 heavy (non-hydrogen) atoms. The van der Waals surface area contributed by atoms with Gasteiger partial charge in [0.05, 0.1) is 0 Å². The van der Waals surface area contributed by atoms with E-state index in [-0.39, 0.29) is 5.78 Å². The highest BCUT2D eigenvalue weighted by molar-refractivity contribution is 5.99. The first-order valence-electron chi connectivity index (χ1n) is 5.96. The smallest absolute Gasteiger partial charge is 0.163 e. The number of rotatable bonds is 2. The number of hydrogen-bond donors (Lipinski definition) is 1. The molecule has 2 nitrogen and oxygen atoms in total. The van der Waals surface area contributed by atoms with E-state index < -0.39 is 0 Å². The fourth-order valence-electron chi connectivity index (χ4n) is 2.42. The minimum absolute atomic E-state index is 0.228. The van der Waals surface area contributed by atoms with Gasteiger partial charge in [0.1, 0.15) is 5.75 Å². The number of carbonyl (C=O) groups excluding carboxylic acids is 1. The van der Waals surface area contributed by atoms with Crippen molar-refractivity contribution in [3.8, 4) is 5.75 Å². The predicted molar refractivity (Wildman–Crippen MR) is 63.9 cm³/mol. The lowest BCUT2D eigenvalue weighted by Crippen LogP contribution is -2.14. The summed E-state index contributed by atoms with van der Waals surface area (Å²) in [5.41, 5.74) is 2.91. The lowest BCUT2D eigenvalue weighted by molar-refractivity contribution is 0.0972. The summed E-state index contributed by atoms with van der Waals surface area (Å²) in [7, 11) is 0. The van der Waals surface area contributed by atoms with Crippen molar-refractivity contribution in [2.75, 3.05) is 0 Å². The zero-order valence-electron chi connectivity index (χ0n) is 9.92. The van der Waals surface area contributed by atoms with E-state index in [1.165, 1.54) is 0 Å². The number of benzene rings is 1. The van der Waals surface area contributed by atoms with Crippen LogP contribution in [0.15, 0.2) is 12.1 Å². The summed E-state index contributed by atoms with van der Waals surface area (Å²) in [5.74, 6) is 1.07. The highest BCUT2D eigenvalue weighted by Crippen LogP contribution is 2.32. The van der Waals surface area contributed by atoms with Gasteiger partial charge in [-0.15, -0.1) is 0 Å². The number of phenols is 1. The Hall–Kier alpha value is -1.31. The van der Waals surface area contributed by atoms with Crippen LogP contribution >= 0.6 is 0 Å². The van der Waals surface area contributed by atoms with Gasteiger partial charge in [-0.05, 0) is 48.4 Å². The summed E-state index contributed by atoms with van der Waals surface area (Å²) in [4.78, 5) is 11.8. The Morgan fingerprint density at radius 1 is 1.31 bits per heavy atom. The third-order valence-electron chi connectivity index (χ3n) is 3.15. The average Bonchev–Trinajstić information content (AvgIpc) is 2.22. The molecule has 0 saturated carbocycles. The van der Waals surface area contributed by atoms with Crippen molar-refractivity contribution in [2.45, 2.75) is 39.5 Å². The zero-order chi connectivity index (χ0) is 11.7. The molecule has 0 spiro atoms. The van der Waals surface area contributed by atoms with Crippen molar-refractivity contribution in [1.82, 2.24) is 0 Å². The van der Waals surface area contributed by atoms with Crippen LogP contribution in [0.25, 0.3) is 0 Å². The first-order chi connectivity index (χ1) is 7.59. The molecule has 0 unspecified atom stereocenters. The quantitative estimate of drug-likeness (QED) is 0.828. The molecule has 0 heterocycles. The molecule has 0 radical (unpaired) electrons. The van der Waals surface area contributed by atoms with E-state index in [1.807, 2.05) is 0 Å². The Morgan fingerprint density at radius 3 is 2.75 bits per heavy atom. The number of ketones is 1. The van der Waals surface area contributed by atoms with Gasteiger partial charge in [0, 0.05) is 12.0 Å². The van der Waals surface area contributed by atoms with Gasteiger partial charge in [0.15, 0.2) is 5.78 Å². The molecule has 1 aliphatic rings. The molecule has 2 rings (SSSR count). The molecule has 0 amide bonds. The molecule has 1 aromatic carbocycles. The zero-order valence-corrected chi connectivity index (χ0v) is 9.92. The van der Waals surface area contributed by atoms with Crippen molar-refractivity contribution in [2.24, 2.45) is 5.92 Å². The Balaban J connectivity index is 2.50. The minimum atomic E-state index is 0.228. The van der Waals surface area contributed by atoms with E-state index in [1.54, 1.807) is 12.1 Å². The molecule has 0 saturated heterocycles. The molecule has 1 N–H and O–H groups in total. The van der Waals surface area contributed by atoms with Crippen molar-refractivity contribution >= 4 is 5.78 Å². The molecule has 2 heteroatoms. The van der Waals surface area contributed by atoms with Crippen molar-refractivity contribution in [3.63, 3.8) is 0 Å². The van der Waals surface area contributed by atoms with E-state index in [2.05, 4.69) is 13.8 Å². The van der Waals surface area contributed by atoms with Crippen LogP contribution in [0.3, 0.4) is 0 Å². The molecule has 0 bridgehead atoms. The molecule has 1 aliphatic carbocycles. The number of aromatic hydroxyl groups is 1. The molecule has 0 aliphatic heterocycles. The summed E-state index contributed by atoms with van der Waals surface area (Å²) in [6, 6.07) is 3.44. The largest absolute Gasteiger partial charge is 0.508 e. The molecule has 1 aromatic rings. The highest BCUT2D eigenvalue weighted by atomic mass is 16.3. The van der Waals surface area contributed by atoms with Gasteiger partial charge in [-0.2, -0.15) is 0 Å². The van der Waals surface area contributed by atoms with Crippen LogP contribution in [0.2, 0.25) is 0 Å². The third kappa shape index (κ3) is 1.97. The first kappa shape index (κ1) is 11.2. The maximum atomic E-state index is 11.8. The second kappa shape index (κ2) is 4.28. The maximum Gasteiger partial charge on any atom is 0.163 e. The SMILES string of the molecule is CC(C)Cc1c(O)ccc2c1CCCC2=O. The summed E-state index contributed by atoms with van der Waals surface area (Å²) in [6.45, 7) is 4.26. The Labute approximate surface area is 96.3 Å². The van der Waals surface area contributed by atoms with Gasteiger partial charge in [-0.25, -0.2) is 0 Å². The molecular weight excluding hydrogens is 200 g/mol. The molecule has 0 aromatic heterocycles. The summed E-state index contributed by atoms with van der Waals surface area (Å²) >= 11 is 0. The van der Waals surface area contributed by atoms with Gasteiger partial charge in [0.2, 0.25) is 0 Å². The number of Topliss-reactive ketones (excluding diaryl/α,β-unsaturated/α-hetero) is 1. The predicted octanol–water partition coefficient (Wildman–Crippen LogP) is 3.11. The Bertz CT molecular complexity index is 419. The van der Waals surface area contributed by atoms with E-state index in [0.717, 1.165) is 36.0 Å². The van der Waals surface area contributed by atoms with E-state index >= 15 is 0 Å². The lowest BCUT2D eigenvalue weighted by atomic mass is 9.84.